The largest absolute Gasteiger partial charge is 0.353 e. The van der Waals surface area contributed by atoms with Gasteiger partial charge in [-0.25, -0.2) is 4.98 Å². The lowest BCUT2D eigenvalue weighted by atomic mass is 10.2. The Morgan fingerprint density at radius 3 is 2.76 bits per heavy atom. The van der Waals surface area contributed by atoms with Crippen molar-refractivity contribution in [2.45, 2.75) is 45.1 Å². The zero-order valence-electron chi connectivity index (χ0n) is 12.4. The Kier molecular flexibility index (Phi) is 5.66. The van der Waals surface area contributed by atoms with E-state index >= 15 is 0 Å². The molecule has 0 atom stereocenters. The second-order valence-corrected chi connectivity index (χ2v) is 5.33. The molecule has 6 heteroatoms. The van der Waals surface area contributed by atoms with Gasteiger partial charge in [0, 0.05) is 37.9 Å². The normalized spacial score (nSPS) is 13.8. The van der Waals surface area contributed by atoms with Gasteiger partial charge >= 0.3 is 0 Å². The molecular formula is C15H22N4O2. The van der Waals surface area contributed by atoms with Gasteiger partial charge in [0.2, 0.25) is 5.91 Å². The fraction of sp³-hybridized carbons (Fsp3) is 0.600. The fourth-order valence-electron chi connectivity index (χ4n) is 2.00. The Morgan fingerprint density at radius 2 is 2.14 bits per heavy atom. The predicted octanol–water partition coefficient (Wildman–Crippen LogP) is 1.39. The average molecular weight is 290 g/mol. The molecule has 2 rings (SSSR count). The molecule has 0 aliphatic heterocycles. The monoisotopic (exact) mass is 290 g/mol. The van der Waals surface area contributed by atoms with Crippen LogP contribution in [0.3, 0.4) is 0 Å². The number of nitrogens with zero attached hydrogens (tertiary/aromatic N) is 3. The Morgan fingerprint density at radius 1 is 1.33 bits per heavy atom. The smallest absolute Gasteiger partial charge is 0.274 e. The van der Waals surface area contributed by atoms with Gasteiger partial charge in [0.15, 0.2) is 0 Å². The maximum absolute atomic E-state index is 12.4. The van der Waals surface area contributed by atoms with Crippen molar-refractivity contribution in [1.82, 2.24) is 20.2 Å². The summed E-state index contributed by atoms with van der Waals surface area (Å²) in [4.78, 5) is 33.8. The number of hydrogen-bond acceptors (Lipinski definition) is 4. The maximum atomic E-state index is 12.4. The van der Waals surface area contributed by atoms with Crippen molar-refractivity contribution in [1.29, 1.82) is 0 Å². The summed E-state index contributed by atoms with van der Waals surface area (Å²) in [5.41, 5.74) is 0.330. The van der Waals surface area contributed by atoms with Crippen molar-refractivity contribution in [2.24, 2.45) is 0 Å². The molecule has 1 aliphatic rings. The van der Waals surface area contributed by atoms with E-state index in [2.05, 4.69) is 22.2 Å². The summed E-state index contributed by atoms with van der Waals surface area (Å²) in [6, 6.07) is 0.359. The third-order valence-electron chi connectivity index (χ3n) is 3.40. The van der Waals surface area contributed by atoms with Gasteiger partial charge in [-0.05, 0) is 19.3 Å². The lowest BCUT2D eigenvalue weighted by Gasteiger charge is -2.21. The second kappa shape index (κ2) is 7.71. The third-order valence-corrected chi connectivity index (χ3v) is 3.40. The Labute approximate surface area is 125 Å². The quantitative estimate of drug-likeness (QED) is 0.785. The van der Waals surface area contributed by atoms with Gasteiger partial charge in [-0.3, -0.25) is 14.6 Å². The molecule has 0 saturated heterocycles. The number of aromatic nitrogens is 2. The summed E-state index contributed by atoms with van der Waals surface area (Å²) in [5, 5.41) is 2.94. The van der Waals surface area contributed by atoms with E-state index in [4.69, 9.17) is 0 Å². The molecule has 0 unspecified atom stereocenters. The van der Waals surface area contributed by atoms with Crippen molar-refractivity contribution < 1.29 is 9.59 Å². The first-order chi connectivity index (χ1) is 10.2. The number of carbonyl (C=O) groups is 2. The lowest BCUT2D eigenvalue weighted by molar-refractivity contribution is -0.121. The van der Waals surface area contributed by atoms with Gasteiger partial charge in [0.25, 0.3) is 5.91 Å². The molecule has 6 nitrogen and oxygen atoms in total. The van der Waals surface area contributed by atoms with E-state index in [1.165, 1.54) is 18.6 Å². The van der Waals surface area contributed by atoms with Crippen LogP contribution < -0.4 is 5.32 Å². The molecular weight excluding hydrogens is 268 g/mol. The maximum Gasteiger partial charge on any atom is 0.274 e. The van der Waals surface area contributed by atoms with E-state index in [0.29, 0.717) is 31.2 Å². The van der Waals surface area contributed by atoms with Crippen LogP contribution in [0.1, 0.15) is 49.5 Å². The van der Waals surface area contributed by atoms with Crippen molar-refractivity contribution >= 4 is 11.8 Å². The summed E-state index contributed by atoms with van der Waals surface area (Å²) >= 11 is 0. The first kappa shape index (κ1) is 15.4. The number of carbonyl (C=O) groups excluding carboxylic acids is 2. The Bertz CT molecular complexity index is 474. The zero-order valence-corrected chi connectivity index (χ0v) is 12.4. The van der Waals surface area contributed by atoms with E-state index in [-0.39, 0.29) is 11.8 Å². The highest BCUT2D eigenvalue weighted by molar-refractivity contribution is 5.92. The van der Waals surface area contributed by atoms with Crippen LogP contribution in [0.5, 0.6) is 0 Å². The van der Waals surface area contributed by atoms with E-state index in [1.54, 1.807) is 4.90 Å². The van der Waals surface area contributed by atoms with Crippen molar-refractivity contribution in [2.75, 3.05) is 13.1 Å². The summed E-state index contributed by atoms with van der Waals surface area (Å²) in [6.45, 7) is 3.14. The molecule has 1 fully saturated rings. The Hall–Kier alpha value is -1.98. The van der Waals surface area contributed by atoms with Gasteiger partial charge in [-0.2, -0.15) is 0 Å². The van der Waals surface area contributed by atoms with Crippen molar-refractivity contribution in [3.05, 3.63) is 24.3 Å². The predicted molar refractivity (Wildman–Crippen MR) is 78.6 cm³/mol. The van der Waals surface area contributed by atoms with E-state index in [0.717, 1.165) is 25.7 Å². The van der Waals surface area contributed by atoms with Gasteiger partial charge in [0.05, 0.1) is 6.20 Å². The number of unbranched alkanes of at least 4 members (excludes halogenated alkanes) is 1. The highest BCUT2D eigenvalue weighted by Gasteiger charge is 2.24. The third kappa shape index (κ3) is 5.13. The minimum atomic E-state index is -0.157. The first-order valence-corrected chi connectivity index (χ1v) is 7.55. The topological polar surface area (TPSA) is 75.2 Å². The molecule has 0 bridgehead atoms. The minimum Gasteiger partial charge on any atom is -0.353 e. The molecule has 0 spiro atoms. The number of amides is 2. The van der Waals surface area contributed by atoms with Crippen LogP contribution >= 0.6 is 0 Å². The van der Waals surface area contributed by atoms with Gasteiger partial charge in [0.1, 0.15) is 5.69 Å². The molecule has 1 aromatic heterocycles. The SMILES string of the molecule is CCCCN(CCC(=O)NC1CC1)C(=O)c1cnccn1. The van der Waals surface area contributed by atoms with Crippen molar-refractivity contribution in [3.8, 4) is 0 Å². The standard InChI is InChI=1S/C15H22N4O2/c1-2-3-9-19(10-6-14(20)18-12-4-5-12)15(21)13-11-16-7-8-17-13/h7-8,11-12H,2-6,9-10H2,1H3,(H,18,20). The van der Waals surface area contributed by atoms with Crippen LogP contribution in [-0.4, -0.2) is 45.8 Å². The average Bonchev–Trinajstić information content (AvgIpc) is 3.31. The summed E-state index contributed by atoms with van der Waals surface area (Å²) in [7, 11) is 0. The van der Waals surface area contributed by atoms with Crippen LogP contribution in [-0.2, 0) is 4.79 Å². The number of rotatable bonds is 8. The Balaban J connectivity index is 1.89. The minimum absolute atomic E-state index is 0.0194. The highest BCUT2D eigenvalue weighted by atomic mass is 16.2. The first-order valence-electron chi connectivity index (χ1n) is 7.55. The van der Waals surface area contributed by atoms with Crippen LogP contribution in [0.15, 0.2) is 18.6 Å². The number of nitrogens with one attached hydrogen (secondary N) is 1. The molecule has 2 amide bonds. The molecule has 1 heterocycles. The summed E-state index contributed by atoms with van der Waals surface area (Å²) in [5.74, 6) is -0.137. The molecule has 114 valence electrons. The second-order valence-electron chi connectivity index (χ2n) is 5.33. The molecule has 1 saturated carbocycles. The van der Waals surface area contributed by atoms with Gasteiger partial charge < -0.3 is 10.2 Å². The lowest BCUT2D eigenvalue weighted by Crippen LogP contribution is -2.36. The number of hydrogen-bond donors (Lipinski definition) is 1. The zero-order chi connectivity index (χ0) is 15.1. The molecule has 1 N–H and O–H groups in total. The van der Waals surface area contributed by atoms with E-state index in [9.17, 15) is 9.59 Å². The van der Waals surface area contributed by atoms with Crippen LogP contribution in [0.2, 0.25) is 0 Å². The molecule has 0 radical (unpaired) electrons. The molecule has 1 aliphatic carbocycles. The summed E-state index contributed by atoms with van der Waals surface area (Å²) in [6.07, 6.45) is 8.90. The molecule has 0 aromatic carbocycles. The van der Waals surface area contributed by atoms with Gasteiger partial charge in [-0.1, -0.05) is 13.3 Å². The fourth-order valence-corrected chi connectivity index (χ4v) is 2.00. The molecule has 21 heavy (non-hydrogen) atoms. The van der Waals surface area contributed by atoms with Gasteiger partial charge in [-0.15, -0.1) is 0 Å². The van der Waals surface area contributed by atoms with Crippen LogP contribution in [0.4, 0.5) is 0 Å². The van der Waals surface area contributed by atoms with Crippen LogP contribution in [0, 0.1) is 0 Å². The molecule has 1 aromatic rings. The highest BCUT2D eigenvalue weighted by Crippen LogP contribution is 2.18. The van der Waals surface area contributed by atoms with Crippen molar-refractivity contribution in [3.63, 3.8) is 0 Å². The van der Waals surface area contributed by atoms with E-state index in [1.807, 2.05) is 0 Å². The summed E-state index contributed by atoms with van der Waals surface area (Å²) < 4.78 is 0. The van der Waals surface area contributed by atoms with E-state index < -0.39 is 0 Å². The van der Waals surface area contributed by atoms with Crippen LogP contribution in [0.25, 0.3) is 0 Å².